The Kier molecular flexibility index (Phi) is 7.50. The van der Waals surface area contributed by atoms with Crippen LogP contribution in [-0.2, 0) is 33.7 Å². The van der Waals surface area contributed by atoms with Gasteiger partial charge in [0.2, 0.25) is 5.56 Å². The number of aryl methyl sites for hydroxylation is 2. The molecule has 0 bridgehead atoms. The number of sulfone groups is 1. The minimum absolute atomic E-state index is 0.0436. The van der Waals surface area contributed by atoms with E-state index in [-0.39, 0.29) is 52.8 Å². The molecule has 2 aliphatic rings. The molecule has 5 rings (SSSR count). The first-order valence-electron chi connectivity index (χ1n) is 13.3. The number of carbonyl (C=O) groups excluding carboxylic acids is 1. The largest absolute Gasteiger partial charge is 0.435 e. The summed E-state index contributed by atoms with van der Waals surface area (Å²) in [5.74, 6) is -2.31. The molecule has 236 valence electrons. The van der Waals surface area contributed by atoms with Crippen molar-refractivity contribution in [2.24, 2.45) is 13.0 Å². The van der Waals surface area contributed by atoms with Gasteiger partial charge >= 0.3 is 18.0 Å². The number of benzene rings is 2. The molecule has 1 fully saturated rings. The fourth-order valence-corrected chi connectivity index (χ4v) is 9.00. The van der Waals surface area contributed by atoms with E-state index in [9.17, 15) is 53.1 Å². The zero-order chi connectivity index (χ0) is 32.5. The van der Waals surface area contributed by atoms with Crippen molar-refractivity contribution in [3.63, 3.8) is 0 Å². The average molecular weight is 649 g/mol. The van der Waals surface area contributed by atoms with Crippen LogP contribution in [0.25, 0.3) is 0 Å². The Hall–Kier alpha value is -3.75. The van der Waals surface area contributed by atoms with E-state index in [0.29, 0.717) is 12.1 Å². The fraction of sp³-hybridized carbons (Fsp3) is 0.379. The van der Waals surface area contributed by atoms with Gasteiger partial charge in [-0.05, 0) is 67.1 Å². The first-order chi connectivity index (χ1) is 20.3. The van der Waals surface area contributed by atoms with Crippen LogP contribution in [-0.4, -0.2) is 37.3 Å². The Balaban J connectivity index is 1.64. The molecule has 15 heteroatoms. The average Bonchev–Trinajstić information content (AvgIpc) is 3.32. The predicted octanol–water partition coefficient (Wildman–Crippen LogP) is 5.64. The van der Waals surface area contributed by atoms with Crippen LogP contribution < -0.4 is 10.9 Å². The normalized spacial score (nSPS) is 22.3. The maximum absolute atomic E-state index is 15.0. The van der Waals surface area contributed by atoms with Crippen molar-refractivity contribution in [3.8, 4) is 0 Å². The Morgan fingerprint density at radius 1 is 0.932 bits per heavy atom. The van der Waals surface area contributed by atoms with Crippen molar-refractivity contribution in [2.45, 2.75) is 59.4 Å². The highest BCUT2D eigenvalue weighted by Crippen LogP contribution is 2.59. The summed E-state index contributed by atoms with van der Waals surface area (Å²) in [7, 11) is -3.12. The number of rotatable bonds is 5. The first-order valence-corrected chi connectivity index (χ1v) is 14.8. The van der Waals surface area contributed by atoms with Gasteiger partial charge in [-0.1, -0.05) is 18.2 Å². The lowest BCUT2D eigenvalue weighted by Gasteiger charge is -2.43. The molecule has 1 saturated carbocycles. The molecule has 2 aromatic carbocycles. The number of alkyl halides is 7. The van der Waals surface area contributed by atoms with Gasteiger partial charge in [0.25, 0.3) is 5.91 Å². The standard InChI is InChI=1S/C29H24F8N2O4S/c1-39-15-17(3-11-24(39)40)25(41)38-23-12-13-26(44(42,43)20-7-5-19(30)6-8-20)21-10-4-18(14-16(21)2-9-22(23)26)27(31,28(32,33)34)29(35,36)37/h3-8,10-11,14-15,22-23H,2,9,12-13H2,1H3,(H,38,41)/t22-,23+,26+/m0/s1. The van der Waals surface area contributed by atoms with Crippen molar-refractivity contribution >= 4 is 15.7 Å². The molecule has 1 N–H and O–H groups in total. The van der Waals surface area contributed by atoms with Gasteiger partial charge < -0.3 is 9.88 Å². The summed E-state index contributed by atoms with van der Waals surface area (Å²) in [5, 5.41) is 2.77. The molecular formula is C29H24F8N2O4S. The molecule has 0 unspecified atom stereocenters. The van der Waals surface area contributed by atoms with Gasteiger partial charge in [-0.15, -0.1) is 0 Å². The number of halogens is 8. The number of hydrogen-bond acceptors (Lipinski definition) is 4. The molecular weight excluding hydrogens is 624 g/mol. The zero-order valence-electron chi connectivity index (χ0n) is 22.8. The number of pyridine rings is 1. The number of aromatic nitrogens is 1. The maximum Gasteiger partial charge on any atom is 0.435 e. The van der Waals surface area contributed by atoms with Gasteiger partial charge in [-0.2, -0.15) is 26.3 Å². The number of nitrogens with zero attached hydrogens (tertiary/aromatic N) is 1. The number of carbonyl (C=O) groups is 1. The first kappa shape index (κ1) is 31.7. The predicted molar refractivity (Wildman–Crippen MR) is 141 cm³/mol. The highest BCUT2D eigenvalue weighted by atomic mass is 32.2. The molecule has 0 aliphatic heterocycles. The lowest BCUT2D eigenvalue weighted by Crippen LogP contribution is -2.51. The van der Waals surface area contributed by atoms with E-state index >= 15 is 0 Å². The van der Waals surface area contributed by atoms with E-state index in [1.807, 2.05) is 0 Å². The van der Waals surface area contributed by atoms with Gasteiger partial charge in [-0.3, -0.25) is 9.59 Å². The van der Waals surface area contributed by atoms with Crippen LogP contribution in [0.15, 0.2) is 70.5 Å². The van der Waals surface area contributed by atoms with Gasteiger partial charge in [0.1, 0.15) is 10.6 Å². The minimum atomic E-state index is -6.36. The molecule has 1 amide bonds. The summed E-state index contributed by atoms with van der Waals surface area (Å²) in [6, 6.07) is 6.86. The second kappa shape index (κ2) is 10.4. The van der Waals surface area contributed by atoms with Gasteiger partial charge in [0.15, 0.2) is 9.84 Å². The number of fused-ring (bicyclic) bond motifs is 3. The highest BCUT2D eigenvalue weighted by Gasteiger charge is 2.73. The van der Waals surface area contributed by atoms with Crippen molar-refractivity contribution in [2.75, 3.05) is 0 Å². The minimum Gasteiger partial charge on any atom is -0.349 e. The molecule has 2 aliphatic carbocycles. The summed E-state index contributed by atoms with van der Waals surface area (Å²) in [6.45, 7) is 0. The third-order valence-electron chi connectivity index (χ3n) is 8.64. The Labute approximate surface area is 245 Å². The van der Waals surface area contributed by atoms with Gasteiger partial charge in [-0.25, -0.2) is 17.2 Å². The lowest BCUT2D eigenvalue weighted by molar-refractivity contribution is -0.348. The topological polar surface area (TPSA) is 85.2 Å². The number of nitrogens with one attached hydrogen (secondary N) is 1. The molecule has 1 heterocycles. The number of amides is 1. The van der Waals surface area contributed by atoms with Crippen molar-refractivity contribution in [1.82, 2.24) is 9.88 Å². The summed E-state index contributed by atoms with van der Waals surface area (Å²) < 4.78 is 138. The van der Waals surface area contributed by atoms with Crippen LogP contribution >= 0.6 is 0 Å². The fourth-order valence-electron chi connectivity index (χ4n) is 6.53. The zero-order valence-corrected chi connectivity index (χ0v) is 23.6. The molecule has 6 nitrogen and oxygen atoms in total. The quantitative estimate of drug-likeness (QED) is 0.287. The SMILES string of the molecule is Cn1cc(C(=O)N[C@@H]2CC[C@@]3(S(=O)(=O)c4ccc(F)cc4)c4ccc(C(F)(C(F)(F)F)C(F)(F)F)cc4CC[C@@H]23)ccc1=O. The van der Waals surface area contributed by atoms with Crippen LogP contribution in [0.1, 0.15) is 46.3 Å². The summed E-state index contributed by atoms with van der Waals surface area (Å²) in [5.41, 5.74) is -8.08. The Morgan fingerprint density at radius 2 is 1.57 bits per heavy atom. The highest BCUT2D eigenvalue weighted by molar-refractivity contribution is 7.92. The smallest absolute Gasteiger partial charge is 0.349 e. The second-order valence-corrected chi connectivity index (χ2v) is 13.2. The van der Waals surface area contributed by atoms with E-state index < -0.39 is 61.9 Å². The van der Waals surface area contributed by atoms with Crippen molar-refractivity contribution < 1.29 is 48.3 Å². The second-order valence-electron chi connectivity index (χ2n) is 11.0. The van der Waals surface area contributed by atoms with E-state index in [4.69, 9.17) is 0 Å². The van der Waals surface area contributed by atoms with Crippen molar-refractivity contribution in [1.29, 1.82) is 0 Å². The molecule has 0 radical (unpaired) electrons. The van der Waals surface area contributed by atoms with E-state index in [1.165, 1.54) is 19.3 Å². The summed E-state index contributed by atoms with van der Waals surface area (Å²) >= 11 is 0. The van der Waals surface area contributed by atoms with Crippen LogP contribution in [0.2, 0.25) is 0 Å². The lowest BCUT2D eigenvalue weighted by atomic mass is 9.74. The van der Waals surface area contributed by atoms with Crippen LogP contribution in [0.4, 0.5) is 35.1 Å². The van der Waals surface area contributed by atoms with Gasteiger partial charge in [0, 0.05) is 36.8 Å². The number of hydrogen-bond donors (Lipinski definition) is 1. The molecule has 44 heavy (non-hydrogen) atoms. The monoisotopic (exact) mass is 648 g/mol. The third kappa shape index (κ3) is 4.70. The van der Waals surface area contributed by atoms with E-state index in [0.717, 1.165) is 41.0 Å². The Bertz CT molecular complexity index is 1770. The molecule has 0 spiro atoms. The molecule has 3 aromatic rings. The van der Waals surface area contributed by atoms with Crippen LogP contribution in [0.5, 0.6) is 0 Å². The van der Waals surface area contributed by atoms with E-state index in [1.54, 1.807) is 0 Å². The molecule has 0 saturated heterocycles. The van der Waals surface area contributed by atoms with Crippen LogP contribution in [0, 0.1) is 11.7 Å². The maximum atomic E-state index is 15.0. The third-order valence-corrected chi connectivity index (χ3v) is 11.2. The van der Waals surface area contributed by atoms with Crippen molar-refractivity contribution in [3.05, 3.63) is 99.2 Å². The molecule has 3 atom stereocenters. The molecule has 1 aromatic heterocycles. The van der Waals surface area contributed by atoms with Crippen LogP contribution in [0.3, 0.4) is 0 Å². The Morgan fingerprint density at radius 3 is 2.16 bits per heavy atom. The van der Waals surface area contributed by atoms with Gasteiger partial charge in [0.05, 0.1) is 10.5 Å². The summed E-state index contributed by atoms with van der Waals surface area (Å²) in [6.07, 6.45) is -11.9. The van der Waals surface area contributed by atoms with E-state index in [2.05, 4.69) is 5.32 Å². The summed E-state index contributed by atoms with van der Waals surface area (Å²) in [4.78, 5) is 24.5.